The van der Waals surface area contributed by atoms with E-state index in [0.29, 0.717) is 6.54 Å². The number of ether oxygens (including phenoxy) is 1. The van der Waals surface area contributed by atoms with Crippen molar-refractivity contribution in [3.05, 3.63) is 22.4 Å². The van der Waals surface area contributed by atoms with Gasteiger partial charge in [0.2, 0.25) is 0 Å². The fourth-order valence-corrected chi connectivity index (χ4v) is 4.65. The van der Waals surface area contributed by atoms with E-state index in [1.54, 1.807) is 11.3 Å². The number of carbonyl (C=O) groups excluding carboxylic acids is 1. The van der Waals surface area contributed by atoms with Crippen LogP contribution in [0.15, 0.2) is 17.5 Å². The van der Waals surface area contributed by atoms with Crippen molar-refractivity contribution >= 4 is 27.1 Å². The molecule has 2 heterocycles. The molecule has 7 heteroatoms. The zero-order valence-corrected chi connectivity index (χ0v) is 11.6. The first-order valence-electron chi connectivity index (χ1n) is 5.54. The molecule has 1 saturated heterocycles. The monoisotopic (exact) mass is 289 g/mol. The molecule has 0 radical (unpaired) electrons. The lowest BCUT2D eigenvalue weighted by Crippen LogP contribution is -2.53. The van der Waals surface area contributed by atoms with E-state index < -0.39 is 21.3 Å². The zero-order chi connectivity index (χ0) is 13.2. The summed E-state index contributed by atoms with van der Waals surface area (Å²) in [6.07, 6.45) is 0.271. The summed E-state index contributed by atoms with van der Waals surface area (Å²) in [5, 5.41) is 5.00. The van der Waals surface area contributed by atoms with Crippen molar-refractivity contribution in [3.8, 4) is 0 Å². The van der Waals surface area contributed by atoms with Crippen LogP contribution in [0.25, 0.3) is 0 Å². The van der Waals surface area contributed by atoms with Crippen molar-refractivity contribution in [2.75, 3.05) is 18.6 Å². The van der Waals surface area contributed by atoms with Crippen LogP contribution in [0.5, 0.6) is 0 Å². The summed E-state index contributed by atoms with van der Waals surface area (Å²) in [4.78, 5) is 12.9. The molecule has 0 saturated carbocycles. The second kappa shape index (κ2) is 4.99. The molecule has 0 aromatic carbocycles. The second-order valence-corrected chi connectivity index (χ2v) is 7.56. The molecule has 1 fully saturated rings. The van der Waals surface area contributed by atoms with Gasteiger partial charge in [-0.05, 0) is 17.9 Å². The van der Waals surface area contributed by atoms with Crippen LogP contribution in [0.1, 0.15) is 11.3 Å². The SMILES string of the molecule is COC(=O)C1(NCc2cccs2)CCS(=O)(=O)C1. The number of rotatable bonds is 4. The Morgan fingerprint density at radius 3 is 2.89 bits per heavy atom. The minimum absolute atomic E-state index is 0.0273. The number of thiophene rings is 1. The van der Waals surface area contributed by atoms with E-state index in [-0.39, 0.29) is 17.9 Å². The van der Waals surface area contributed by atoms with Gasteiger partial charge in [-0.3, -0.25) is 10.1 Å². The molecule has 2 rings (SSSR count). The Balaban J connectivity index is 2.14. The van der Waals surface area contributed by atoms with Crippen LogP contribution in [0.4, 0.5) is 0 Å². The van der Waals surface area contributed by atoms with Crippen LogP contribution in [0.2, 0.25) is 0 Å². The largest absolute Gasteiger partial charge is 0.468 e. The van der Waals surface area contributed by atoms with Gasteiger partial charge in [0.05, 0.1) is 18.6 Å². The maximum atomic E-state index is 11.8. The first-order chi connectivity index (χ1) is 8.47. The molecular weight excluding hydrogens is 274 g/mol. The quantitative estimate of drug-likeness (QED) is 0.820. The van der Waals surface area contributed by atoms with E-state index in [0.717, 1.165) is 4.88 Å². The number of esters is 1. The van der Waals surface area contributed by atoms with Crippen molar-refractivity contribution in [2.24, 2.45) is 0 Å². The molecule has 1 atom stereocenters. The molecule has 1 aromatic heterocycles. The van der Waals surface area contributed by atoms with Crippen LogP contribution in [-0.4, -0.2) is 38.5 Å². The molecule has 5 nitrogen and oxygen atoms in total. The highest BCUT2D eigenvalue weighted by molar-refractivity contribution is 7.91. The molecule has 0 aliphatic carbocycles. The fourth-order valence-electron chi connectivity index (χ4n) is 2.09. The average molecular weight is 289 g/mol. The molecule has 1 N–H and O–H groups in total. The lowest BCUT2D eigenvalue weighted by atomic mass is 9.99. The summed E-state index contributed by atoms with van der Waals surface area (Å²) in [6, 6.07) is 3.85. The van der Waals surface area contributed by atoms with Gasteiger partial charge in [-0.2, -0.15) is 0 Å². The summed E-state index contributed by atoms with van der Waals surface area (Å²) < 4.78 is 27.9. The van der Waals surface area contributed by atoms with E-state index >= 15 is 0 Å². The number of hydrogen-bond acceptors (Lipinski definition) is 6. The van der Waals surface area contributed by atoms with Gasteiger partial charge in [-0.25, -0.2) is 8.42 Å². The van der Waals surface area contributed by atoms with E-state index in [1.165, 1.54) is 7.11 Å². The summed E-state index contributed by atoms with van der Waals surface area (Å²) >= 11 is 1.56. The molecule has 1 unspecified atom stereocenters. The maximum absolute atomic E-state index is 11.8. The van der Waals surface area contributed by atoms with E-state index in [2.05, 4.69) is 5.32 Å². The second-order valence-electron chi connectivity index (χ2n) is 4.35. The number of sulfone groups is 1. The van der Waals surface area contributed by atoms with Crippen molar-refractivity contribution in [3.63, 3.8) is 0 Å². The Morgan fingerprint density at radius 1 is 1.61 bits per heavy atom. The number of nitrogens with one attached hydrogen (secondary N) is 1. The van der Waals surface area contributed by atoms with Crippen LogP contribution in [0.3, 0.4) is 0 Å². The van der Waals surface area contributed by atoms with E-state index in [1.807, 2.05) is 17.5 Å². The first kappa shape index (κ1) is 13.5. The number of carbonyl (C=O) groups is 1. The Morgan fingerprint density at radius 2 is 2.39 bits per heavy atom. The van der Waals surface area contributed by atoms with Gasteiger partial charge in [0.15, 0.2) is 9.84 Å². The maximum Gasteiger partial charge on any atom is 0.327 e. The lowest BCUT2D eigenvalue weighted by molar-refractivity contribution is -0.147. The summed E-state index contributed by atoms with van der Waals surface area (Å²) in [5.41, 5.74) is -1.09. The molecular formula is C11H15NO4S2. The standard InChI is InChI=1S/C11H15NO4S2/c1-16-10(13)11(4-6-18(14,15)8-11)12-7-9-3-2-5-17-9/h2-3,5,12H,4,6-8H2,1H3. The molecule has 1 aromatic rings. The Bertz CT molecular complexity index is 523. The van der Waals surface area contributed by atoms with Crippen molar-refractivity contribution in [1.82, 2.24) is 5.32 Å². The highest BCUT2D eigenvalue weighted by Crippen LogP contribution is 2.26. The molecule has 1 aliphatic heterocycles. The van der Waals surface area contributed by atoms with Gasteiger partial charge < -0.3 is 4.74 Å². The third-order valence-corrected chi connectivity index (χ3v) is 5.70. The molecule has 0 bridgehead atoms. The van der Waals surface area contributed by atoms with Crippen molar-refractivity contribution in [1.29, 1.82) is 0 Å². The van der Waals surface area contributed by atoms with Gasteiger partial charge in [0, 0.05) is 11.4 Å². The average Bonchev–Trinajstić information content (AvgIpc) is 2.94. The highest BCUT2D eigenvalue weighted by Gasteiger charge is 2.48. The summed E-state index contributed by atoms with van der Waals surface area (Å²) in [6.45, 7) is 0.474. The molecule has 18 heavy (non-hydrogen) atoms. The number of hydrogen-bond donors (Lipinski definition) is 1. The molecule has 0 spiro atoms. The minimum atomic E-state index is -3.16. The lowest BCUT2D eigenvalue weighted by Gasteiger charge is -2.25. The van der Waals surface area contributed by atoms with Crippen LogP contribution >= 0.6 is 11.3 Å². The minimum Gasteiger partial charge on any atom is -0.468 e. The Labute approximate surface area is 110 Å². The smallest absolute Gasteiger partial charge is 0.327 e. The van der Waals surface area contributed by atoms with Crippen LogP contribution in [0, 0.1) is 0 Å². The number of methoxy groups -OCH3 is 1. The summed E-state index contributed by atoms with van der Waals surface area (Å²) in [7, 11) is -1.88. The molecule has 0 amide bonds. The third-order valence-electron chi connectivity index (χ3n) is 3.06. The van der Waals surface area contributed by atoms with Gasteiger partial charge in [-0.1, -0.05) is 6.07 Å². The third kappa shape index (κ3) is 2.73. The van der Waals surface area contributed by atoms with Crippen LogP contribution in [-0.2, 0) is 25.9 Å². The predicted octanol–water partition coefficient (Wildman–Crippen LogP) is 0.568. The summed E-state index contributed by atoms with van der Waals surface area (Å²) in [5.74, 6) is -0.655. The predicted molar refractivity (Wildman–Crippen MR) is 69.2 cm³/mol. The molecule has 1 aliphatic rings. The van der Waals surface area contributed by atoms with E-state index in [4.69, 9.17) is 4.74 Å². The highest BCUT2D eigenvalue weighted by atomic mass is 32.2. The zero-order valence-electron chi connectivity index (χ0n) is 10.0. The Kier molecular flexibility index (Phi) is 3.74. The van der Waals surface area contributed by atoms with Crippen LogP contribution < -0.4 is 5.32 Å². The van der Waals surface area contributed by atoms with Gasteiger partial charge in [0.25, 0.3) is 0 Å². The van der Waals surface area contributed by atoms with Gasteiger partial charge in [-0.15, -0.1) is 11.3 Å². The van der Waals surface area contributed by atoms with Crippen molar-refractivity contribution in [2.45, 2.75) is 18.5 Å². The van der Waals surface area contributed by atoms with Crippen molar-refractivity contribution < 1.29 is 17.9 Å². The first-order valence-corrected chi connectivity index (χ1v) is 8.24. The Hall–Kier alpha value is -0.920. The van der Waals surface area contributed by atoms with Gasteiger partial charge >= 0.3 is 5.97 Å². The fraction of sp³-hybridized carbons (Fsp3) is 0.545. The topological polar surface area (TPSA) is 72.5 Å². The molecule has 100 valence electrons. The normalized spacial score (nSPS) is 26.1. The van der Waals surface area contributed by atoms with Gasteiger partial charge in [0.1, 0.15) is 5.54 Å². The van der Waals surface area contributed by atoms with E-state index in [9.17, 15) is 13.2 Å².